The molecule has 1 fully saturated rings. The summed E-state index contributed by atoms with van der Waals surface area (Å²) in [4.78, 5) is 63.0. The van der Waals surface area contributed by atoms with Crippen molar-refractivity contribution < 1.29 is 29.1 Å². The van der Waals surface area contributed by atoms with Gasteiger partial charge in [0.15, 0.2) is 0 Å². The number of nitrogens with two attached hydrogens (primary N) is 4. The number of hydrogen-bond donors (Lipinski definition) is 7. The van der Waals surface area contributed by atoms with E-state index in [2.05, 4.69) is 10.6 Å². The Balaban J connectivity index is 2.87. The molecule has 4 amide bonds. The van der Waals surface area contributed by atoms with E-state index in [9.17, 15) is 29.1 Å². The van der Waals surface area contributed by atoms with Gasteiger partial charge in [-0.25, -0.2) is 4.79 Å². The minimum atomic E-state index is -1.22. The van der Waals surface area contributed by atoms with E-state index in [0.29, 0.717) is 58.2 Å². The maximum absolute atomic E-state index is 13.0. The third-order valence-corrected chi connectivity index (χ3v) is 6.00. The van der Waals surface area contributed by atoms with E-state index in [0.717, 1.165) is 6.42 Å². The predicted octanol–water partition coefficient (Wildman–Crippen LogP) is -2.12. The summed E-state index contributed by atoms with van der Waals surface area (Å²) in [5.74, 6) is -3.54. The zero-order valence-corrected chi connectivity index (χ0v) is 20.2. The number of nitrogens with zero attached hydrogens (tertiary/aromatic N) is 1. The van der Waals surface area contributed by atoms with Crippen molar-refractivity contribution in [1.82, 2.24) is 15.5 Å². The van der Waals surface area contributed by atoms with Crippen molar-refractivity contribution in [3.8, 4) is 0 Å². The van der Waals surface area contributed by atoms with E-state index in [-0.39, 0.29) is 25.2 Å². The van der Waals surface area contributed by atoms with Crippen molar-refractivity contribution in [3.63, 3.8) is 0 Å². The van der Waals surface area contributed by atoms with Crippen LogP contribution in [0.4, 0.5) is 0 Å². The largest absolute Gasteiger partial charge is 0.480 e. The van der Waals surface area contributed by atoms with E-state index < -0.39 is 47.9 Å². The summed E-state index contributed by atoms with van der Waals surface area (Å²) in [6.45, 7) is 1.26. The lowest BCUT2D eigenvalue weighted by molar-refractivity contribution is -0.143. The molecule has 0 bridgehead atoms. The molecular formula is C22H41N7O6. The van der Waals surface area contributed by atoms with Gasteiger partial charge in [0.05, 0.1) is 6.04 Å². The molecule has 1 saturated heterocycles. The lowest BCUT2D eigenvalue weighted by atomic mass is 10.1. The Bertz CT molecular complexity index is 735. The Kier molecular flexibility index (Phi) is 13.8. The molecule has 0 aliphatic carbocycles. The lowest BCUT2D eigenvalue weighted by Gasteiger charge is -2.28. The van der Waals surface area contributed by atoms with Gasteiger partial charge in [0.1, 0.15) is 18.1 Å². The fraction of sp³-hybridized carbons (Fsp3) is 0.773. The number of carbonyl (C=O) groups is 5. The van der Waals surface area contributed by atoms with Crippen molar-refractivity contribution >= 4 is 29.6 Å². The molecule has 35 heavy (non-hydrogen) atoms. The van der Waals surface area contributed by atoms with Crippen LogP contribution < -0.4 is 33.6 Å². The summed E-state index contributed by atoms with van der Waals surface area (Å²) in [6.07, 6.45) is 3.84. The fourth-order valence-electron chi connectivity index (χ4n) is 3.99. The zero-order valence-electron chi connectivity index (χ0n) is 20.2. The SMILES string of the molecule is NCCCCC(N)C(=O)N1CCCC1C(=O)NC(CCC(N)=O)C(=O)NC(CCCCN)C(=O)O. The lowest BCUT2D eigenvalue weighted by Crippen LogP contribution is -2.56. The molecule has 1 aliphatic heterocycles. The summed E-state index contributed by atoms with van der Waals surface area (Å²) < 4.78 is 0. The van der Waals surface area contributed by atoms with Crippen molar-refractivity contribution in [2.45, 2.75) is 88.4 Å². The quantitative estimate of drug-likeness (QED) is 0.108. The van der Waals surface area contributed by atoms with E-state index in [4.69, 9.17) is 22.9 Å². The Morgan fingerprint density at radius 1 is 0.914 bits per heavy atom. The van der Waals surface area contributed by atoms with Crippen molar-refractivity contribution in [3.05, 3.63) is 0 Å². The highest BCUT2D eigenvalue weighted by molar-refractivity contribution is 5.94. The van der Waals surface area contributed by atoms with E-state index in [1.165, 1.54) is 4.90 Å². The monoisotopic (exact) mass is 499 g/mol. The normalized spacial score (nSPS) is 17.9. The summed E-state index contributed by atoms with van der Waals surface area (Å²) >= 11 is 0. The first-order chi connectivity index (χ1) is 16.6. The molecule has 1 rings (SSSR count). The highest BCUT2D eigenvalue weighted by Crippen LogP contribution is 2.20. The first kappa shape index (κ1) is 30.3. The molecule has 1 aliphatic rings. The van der Waals surface area contributed by atoms with E-state index in [1.807, 2.05) is 0 Å². The molecule has 0 aromatic rings. The number of carbonyl (C=O) groups excluding carboxylic acids is 4. The molecule has 13 heteroatoms. The average molecular weight is 500 g/mol. The van der Waals surface area contributed by atoms with Crippen LogP contribution in [-0.4, -0.2) is 83.4 Å². The van der Waals surface area contributed by atoms with E-state index in [1.54, 1.807) is 0 Å². The Hall–Kier alpha value is -2.77. The highest BCUT2D eigenvalue weighted by atomic mass is 16.4. The molecule has 11 N–H and O–H groups in total. The number of carboxylic acids is 1. The minimum absolute atomic E-state index is 0.110. The van der Waals surface area contributed by atoms with E-state index >= 15 is 0 Å². The molecule has 13 nitrogen and oxygen atoms in total. The predicted molar refractivity (Wildman–Crippen MR) is 128 cm³/mol. The van der Waals surface area contributed by atoms with Gasteiger partial charge < -0.3 is 43.6 Å². The number of nitrogens with one attached hydrogen (secondary N) is 2. The number of aliphatic carboxylic acids is 1. The number of hydrogen-bond acceptors (Lipinski definition) is 8. The van der Waals surface area contributed by atoms with Crippen LogP contribution in [0.5, 0.6) is 0 Å². The zero-order chi connectivity index (χ0) is 26.4. The summed E-state index contributed by atoms with van der Waals surface area (Å²) in [5.41, 5.74) is 22.1. The number of rotatable bonds is 17. The Morgan fingerprint density at radius 2 is 1.54 bits per heavy atom. The van der Waals surface area contributed by atoms with Crippen LogP contribution in [0.3, 0.4) is 0 Å². The van der Waals surface area contributed by atoms with Gasteiger partial charge in [-0.05, 0) is 64.5 Å². The third kappa shape index (κ3) is 10.6. The Morgan fingerprint density at radius 3 is 2.11 bits per heavy atom. The first-order valence-electron chi connectivity index (χ1n) is 12.2. The molecular weight excluding hydrogens is 458 g/mol. The van der Waals surface area contributed by atoms with Crippen LogP contribution >= 0.6 is 0 Å². The first-order valence-corrected chi connectivity index (χ1v) is 12.2. The maximum atomic E-state index is 13.0. The molecule has 0 spiro atoms. The van der Waals surface area contributed by atoms with Crippen LogP contribution in [0.2, 0.25) is 0 Å². The number of primary amides is 1. The van der Waals surface area contributed by atoms with Gasteiger partial charge in [-0.15, -0.1) is 0 Å². The maximum Gasteiger partial charge on any atom is 0.326 e. The summed E-state index contributed by atoms with van der Waals surface area (Å²) in [6, 6.07) is -3.93. The highest BCUT2D eigenvalue weighted by Gasteiger charge is 2.37. The molecule has 0 saturated carbocycles. The van der Waals surface area contributed by atoms with Crippen LogP contribution in [0.1, 0.15) is 64.2 Å². The minimum Gasteiger partial charge on any atom is -0.480 e. The second-order valence-corrected chi connectivity index (χ2v) is 8.83. The smallest absolute Gasteiger partial charge is 0.326 e. The fourth-order valence-corrected chi connectivity index (χ4v) is 3.99. The number of carboxylic acid groups (broad SMARTS) is 1. The topological polar surface area (TPSA) is 237 Å². The number of unbranched alkanes of at least 4 members (excludes halogenated alkanes) is 2. The molecule has 0 aromatic carbocycles. The van der Waals surface area contributed by atoms with Crippen LogP contribution in [0.15, 0.2) is 0 Å². The second kappa shape index (κ2) is 16.0. The van der Waals surface area contributed by atoms with Gasteiger partial charge in [-0.3, -0.25) is 19.2 Å². The number of likely N-dealkylation sites (tertiary alicyclic amines) is 1. The van der Waals surface area contributed by atoms with Gasteiger partial charge in [0, 0.05) is 13.0 Å². The van der Waals surface area contributed by atoms with Gasteiger partial charge in [0.2, 0.25) is 23.6 Å². The van der Waals surface area contributed by atoms with Gasteiger partial charge in [-0.1, -0.05) is 6.42 Å². The van der Waals surface area contributed by atoms with Gasteiger partial charge in [0.25, 0.3) is 0 Å². The average Bonchev–Trinajstić information content (AvgIpc) is 3.30. The standard InChI is InChI=1S/C22H41N7O6/c23-11-3-1-6-14(25)21(33)29-13-5-8-17(29)20(32)27-15(9-10-18(26)30)19(31)28-16(22(34)35)7-2-4-12-24/h14-17H,1-13,23-25H2,(H2,26,30)(H,27,32)(H,28,31)(H,34,35). The molecule has 0 radical (unpaired) electrons. The Labute approximate surface area is 205 Å². The third-order valence-electron chi connectivity index (χ3n) is 6.00. The van der Waals surface area contributed by atoms with Crippen LogP contribution in [-0.2, 0) is 24.0 Å². The van der Waals surface area contributed by atoms with Crippen LogP contribution in [0, 0.1) is 0 Å². The van der Waals surface area contributed by atoms with Gasteiger partial charge in [-0.2, -0.15) is 0 Å². The van der Waals surface area contributed by atoms with Crippen molar-refractivity contribution in [2.75, 3.05) is 19.6 Å². The second-order valence-electron chi connectivity index (χ2n) is 8.83. The summed E-state index contributed by atoms with van der Waals surface area (Å²) in [7, 11) is 0. The molecule has 0 aromatic heterocycles. The number of amides is 4. The molecule has 200 valence electrons. The molecule has 1 heterocycles. The molecule has 4 atom stereocenters. The van der Waals surface area contributed by atoms with Crippen LogP contribution in [0.25, 0.3) is 0 Å². The van der Waals surface area contributed by atoms with Gasteiger partial charge >= 0.3 is 5.97 Å². The van der Waals surface area contributed by atoms with Crippen molar-refractivity contribution in [2.24, 2.45) is 22.9 Å². The summed E-state index contributed by atoms with van der Waals surface area (Å²) in [5, 5.41) is 14.4. The molecule has 4 unspecified atom stereocenters. The van der Waals surface area contributed by atoms with Crippen molar-refractivity contribution in [1.29, 1.82) is 0 Å².